The molecule has 0 saturated heterocycles. The molecule has 3 aromatic rings. The highest BCUT2D eigenvalue weighted by Gasteiger charge is 2.16. The predicted molar refractivity (Wildman–Crippen MR) is 92.6 cm³/mol. The Bertz CT molecular complexity index is 869. The first kappa shape index (κ1) is 16.7. The van der Waals surface area contributed by atoms with Crippen LogP contribution in [0, 0.1) is 0 Å². The molecular formula is C16H12BrN3O3S. The highest BCUT2D eigenvalue weighted by atomic mass is 79.9. The van der Waals surface area contributed by atoms with Crippen LogP contribution < -0.4 is 0 Å². The zero-order chi connectivity index (χ0) is 16.9. The topological polar surface area (TPSA) is 78.1 Å². The molecule has 0 unspecified atom stereocenters. The zero-order valence-electron chi connectivity index (χ0n) is 12.6. The van der Waals surface area contributed by atoms with E-state index in [0.717, 1.165) is 10.0 Å². The van der Waals surface area contributed by atoms with Crippen molar-refractivity contribution in [2.75, 3.05) is 6.26 Å². The molecule has 8 heteroatoms. The van der Waals surface area contributed by atoms with E-state index in [2.05, 4.69) is 31.1 Å². The number of carbonyl (C=O) groups is 1. The van der Waals surface area contributed by atoms with Gasteiger partial charge in [0, 0.05) is 10.7 Å². The second-order valence-electron chi connectivity index (χ2n) is 4.62. The fourth-order valence-corrected chi connectivity index (χ4v) is 2.96. The van der Waals surface area contributed by atoms with Gasteiger partial charge in [0.1, 0.15) is 5.03 Å². The van der Waals surface area contributed by atoms with Crippen LogP contribution in [0.5, 0.6) is 0 Å². The SMILES string of the molecule is CSc1ncccc1C(=O)OCc1nnc(-c2ccccc2Br)o1. The average Bonchev–Trinajstić information content (AvgIpc) is 3.08. The lowest BCUT2D eigenvalue weighted by Crippen LogP contribution is -2.07. The number of aromatic nitrogens is 3. The summed E-state index contributed by atoms with van der Waals surface area (Å²) in [5.41, 5.74) is 1.19. The highest BCUT2D eigenvalue weighted by molar-refractivity contribution is 9.10. The van der Waals surface area contributed by atoms with Crippen molar-refractivity contribution in [2.45, 2.75) is 11.6 Å². The van der Waals surface area contributed by atoms with Crippen LogP contribution in [-0.2, 0) is 11.3 Å². The van der Waals surface area contributed by atoms with Crippen molar-refractivity contribution in [3.8, 4) is 11.5 Å². The second-order valence-corrected chi connectivity index (χ2v) is 6.27. The van der Waals surface area contributed by atoms with Crippen LogP contribution in [-0.4, -0.2) is 27.4 Å². The number of pyridine rings is 1. The van der Waals surface area contributed by atoms with E-state index in [1.165, 1.54) is 11.8 Å². The number of hydrogen-bond donors (Lipinski definition) is 0. The van der Waals surface area contributed by atoms with Gasteiger partial charge in [0.2, 0.25) is 5.89 Å². The normalized spacial score (nSPS) is 10.6. The fraction of sp³-hybridized carbons (Fsp3) is 0.125. The largest absolute Gasteiger partial charge is 0.452 e. The molecule has 0 spiro atoms. The van der Waals surface area contributed by atoms with Crippen molar-refractivity contribution in [3.05, 3.63) is 58.5 Å². The predicted octanol–water partition coefficient (Wildman–Crippen LogP) is 3.97. The Balaban J connectivity index is 1.70. The summed E-state index contributed by atoms with van der Waals surface area (Å²) >= 11 is 4.81. The lowest BCUT2D eigenvalue weighted by molar-refractivity contribution is 0.0433. The van der Waals surface area contributed by atoms with Gasteiger partial charge in [-0.25, -0.2) is 9.78 Å². The van der Waals surface area contributed by atoms with Crippen LogP contribution in [0.15, 0.2) is 56.5 Å². The molecule has 6 nitrogen and oxygen atoms in total. The lowest BCUT2D eigenvalue weighted by Gasteiger charge is -2.05. The van der Waals surface area contributed by atoms with Crippen LogP contribution in [0.4, 0.5) is 0 Å². The fourth-order valence-electron chi connectivity index (χ4n) is 1.97. The first-order valence-corrected chi connectivity index (χ1v) is 8.94. The summed E-state index contributed by atoms with van der Waals surface area (Å²) in [5.74, 6) is 0.108. The summed E-state index contributed by atoms with van der Waals surface area (Å²) in [7, 11) is 0. The molecule has 0 saturated carbocycles. The second kappa shape index (κ2) is 7.59. The van der Waals surface area contributed by atoms with Crippen molar-refractivity contribution >= 4 is 33.7 Å². The third-order valence-electron chi connectivity index (χ3n) is 3.08. The molecule has 0 aliphatic carbocycles. The molecule has 3 rings (SSSR count). The minimum Gasteiger partial charge on any atom is -0.452 e. The molecule has 1 aromatic carbocycles. The van der Waals surface area contributed by atoms with Crippen LogP contribution >= 0.6 is 27.7 Å². The van der Waals surface area contributed by atoms with E-state index >= 15 is 0 Å². The Kier molecular flexibility index (Phi) is 5.27. The summed E-state index contributed by atoms with van der Waals surface area (Å²) in [6.45, 7) is -0.0982. The first-order chi connectivity index (χ1) is 11.7. The van der Waals surface area contributed by atoms with Crippen LogP contribution in [0.2, 0.25) is 0 Å². The first-order valence-electron chi connectivity index (χ1n) is 6.92. The zero-order valence-corrected chi connectivity index (χ0v) is 15.0. The van der Waals surface area contributed by atoms with Gasteiger partial charge in [-0.3, -0.25) is 0 Å². The number of nitrogens with zero attached hydrogens (tertiary/aromatic N) is 3. The number of esters is 1. The molecule has 0 radical (unpaired) electrons. The average molecular weight is 406 g/mol. The minimum absolute atomic E-state index is 0.0982. The molecule has 0 fully saturated rings. The smallest absolute Gasteiger partial charge is 0.341 e. The van der Waals surface area contributed by atoms with Gasteiger partial charge in [-0.15, -0.1) is 22.0 Å². The summed E-state index contributed by atoms with van der Waals surface area (Å²) in [4.78, 5) is 16.3. The van der Waals surface area contributed by atoms with Gasteiger partial charge >= 0.3 is 5.97 Å². The molecule has 0 aliphatic heterocycles. The van der Waals surface area contributed by atoms with Crippen molar-refractivity contribution in [1.82, 2.24) is 15.2 Å². The van der Waals surface area contributed by atoms with Crippen molar-refractivity contribution in [2.24, 2.45) is 0 Å². The molecule has 0 aliphatic rings. The number of hydrogen-bond acceptors (Lipinski definition) is 7. The van der Waals surface area contributed by atoms with E-state index in [0.29, 0.717) is 16.5 Å². The molecule has 0 N–H and O–H groups in total. The minimum atomic E-state index is -0.479. The van der Waals surface area contributed by atoms with E-state index in [4.69, 9.17) is 9.15 Å². The molecule has 0 amide bonds. The maximum atomic E-state index is 12.2. The van der Waals surface area contributed by atoms with Crippen LogP contribution in [0.3, 0.4) is 0 Å². The van der Waals surface area contributed by atoms with Crippen LogP contribution in [0.1, 0.15) is 16.2 Å². The van der Waals surface area contributed by atoms with E-state index in [1.807, 2.05) is 30.5 Å². The maximum absolute atomic E-state index is 12.2. The van der Waals surface area contributed by atoms with E-state index < -0.39 is 5.97 Å². The van der Waals surface area contributed by atoms with Gasteiger partial charge < -0.3 is 9.15 Å². The third kappa shape index (κ3) is 3.65. The summed E-state index contributed by atoms with van der Waals surface area (Å²) in [6.07, 6.45) is 3.48. The van der Waals surface area contributed by atoms with Crippen molar-refractivity contribution < 1.29 is 13.9 Å². The van der Waals surface area contributed by atoms with Gasteiger partial charge in [0.15, 0.2) is 6.61 Å². The molecule has 2 heterocycles. The number of benzene rings is 1. The Morgan fingerprint density at radius 3 is 2.88 bits per heavy atom. The summed E-state index contributed by atoms with van der Waals surface area (Å²) < 4.78 is 11.6. The molecule has 0 bridgehead atoms. The van der Waals surface area contributed by atoms with Crippen molar-refractivity contribution in [1.29, 1.82) is 0 Å². The van der Waals surface area contributed by atoms with Gasteiger partial charge in [0.25, 0.3) is 5.89 Å². The molecule has 122 valence electrons. The van der Waals surface area contributed by atoms with Gasteiger partial charge in [0.05, 0.1) is 11.1 Å². The number of ether oxygens (including phenoxy) is 1. The lowest BCUT2D eigenvalue weighted by atomic mass is 10.2. The number of thioether (sulfide) groups is 1. The van der Waals surface area contributed by atoms with E-state index in [-0.39, 0.29) is 12.5 Å². The molecule has 2 aromatic heterocycles. The monoisotopic (exact) mass is 405 g/mol. The molecule has 24 heavy (non-hydrogen) atoms. The quantitative estimate of drug-likeness (QED) is 0.469. The van der Waals surface area contributed by atoms with Gasteiger partial charge in [-0.2, -0.15) is 0 Å². The van der Waals surface area contributed by atoms with Gasteiger partial charge in [-0.1, -0.05) is 12.1 Å². The standard InChI is InChI=1S/C16H12BrN3O3S/c1-24-15-11(6-4-8-18-15)16(21)22-9-13-19-20-14(23-13)10-5-2-3-7-12(10)17/h2-8H,9H2,1H3. The summed E-state index contributed by atoms with van der Waals surface area (Å²) in [6, 6.07) is 10.9. The Hall–Kier alpha value is -2.19. The molecule has 0 atom stereocenters. The Morgan fingerprint density at radius 1 is 1.25 bits per heavy atom. The van der Waals surface area contributed by atoms with Crippen LogP contribution in [0.25, 0.3) is 11.5 Å². The Labute approximate surface area is 150 Å². The maximum Gasteiger partial charge on any atom is 0.341 e. The summed E-state index contributed by atoms with van der Waals surface area (Å²) in [5, 5.41) is 8.50. The number of carbonyl (C=O) groups excluding carboxylic acids is 1. The molecular weight excluding hydrogens is 394 g/mol. The van der Waals surface area contributed by atoms with E-state index in [9.17, 15) is 4.79 Å². The number of rotatable bonds is 5. The Morgan fingerprint density at radius 2 is 2.08 bits per heavy atom. The van der Waals surface area contributed by atoms with Crippen molar-refractivity contribution in [3.63, 3.8) is 0 Å². The number of halogens is 1. The van der Waals surface area contributed by atoms with Gasteiger partial charge in [-0.05, 0) is 46.5 Å². The van der Waals surface area contributed by atoms with E-state index in [1.54, 1.807) is 18.3 Å². The highest BCUT2D eigenvalue weighted by Crippen LogP contribution is 2.26. The third-order valence-corrected chi connectivity index (χ3v) is 4.49.